The molecule has 0 atom stereocenters. The molecule has 9 heavy (non-hydrogen) atoms. The summed E-state index contributed by atoms with van der Waals surface area (Å²) in [6.45, 7) is 0. The topological polar surface area (TPSA) is 26.9 Å². The van der Waals surface area contributed by atoms with Gasteiger partial charge >= 0.3 is 19.8 Å². The van der Waals surface area contributed by atoms with Crippen molar-refractivity contribution in [2.75, 3.05) is 0 Å². The van der Waals surface area contributed by atoms with Crippen molar-refractivity contribution in [1.29, 1.82) is 0 Å². The van der Waals surface area contributed by atoms with Crippen LogP contribution >= 0.6 is 12.6 Å². The normalized spacial score (nSPS) is 8.11. The Hall–Kier alpha value is -0.0636. The van der Waals surface area contributed by atoms with E-state index in [1.54, 1.807) is 18.2 Å². The van der Waals surface area contributed by atoms with Crippen LogP contribution in [0.5, 0.6) is 0 Å². The summed E-state index contributed by atoms with van der Waals surface area (Å²) in [5.41, 5.74) is 0. The van der Waals surface area contributed by atoms with E-state index in [0.29, 0.717) is 9.76 Å². The molecule has 0 spiro atoms. The molecule has 0 aliphatic rings. The molecule has 0 saturated carbocycles. The maximum atomic E-state index is 10.5. The first-order valence-corrected chi connectivity index (χ1v) is 2.62. The van der Waals surface area contributed by atoms with Gasteiger partial charge in [0.25, 0.3) is 0 Å². The smallest absolute Gasteiger partial charge is 0.248 e. The van der Waals surface area contributed by atoms with Crippen LogP contribution in [-0.2, 0) is 0 Å². The van der Waals surface area contributed by atoms with Crippen molar-refractivity contribution in [1.82, 2.24) is 0 Å². The molecule has 1 rings (SSSR count). The van der Waals surface area contributed by atoms with Gasteiger partial charge in [0.1, 0.15) is 0 Å². The van der Waals surface area contributed by atoms with E-state index < -0.39 is 0 Å². The van der Waals surface area contributed by atoms with Gasteiger partial charge in [-0.05, 0) is 6.07 Å². The van der Waals surface area contributed by atoms with E-state index in [0.717, 1.165) is 0 Å². The van der Waals surface area contributed by atoms with Crippen molar-refractivity contribution in [3.63, 3.8) is 0 Å². The molecule has 2 nitrogen and oxygen atoms in total. The molecule has 1 aromatic heterocycles. The predicted octanol–water partition coefficient (Wildman–Crippen LogP) is -0.575. The van der Waals surface area contributed by atoms with Gasteiger partial charge in [-0.1, -0.05) is 12.6 Å². The first kappa shape index (κ1) is 8.94. The van der Waals surface area contributed by atoms with Crippen LogP contribution in [0.15, 0.2) is 29.4 Å². The third-order valence-corrected chi connectivity index (χ3v) is 1.15. The van der Waals surface area contributed by atoms with E-state index in [1.807, 2.05) is 0 Å². The summed E-state index contributed by atoms with van der Waals surface area (Å²) in [5, 5.41) is 10.9. The molecule has 0 unspecified atom stereocenters. The van der Waals surface area contributed by atoms with Gasteiger partial charge < -0.3 is 5.21 Å². The van der Waals surface area contributed by atoms with E-state index >= 15 is 0 Å². The summed E-state index contributed by atoms with van der Waals surface area (Å²) < 4.78 is 0.698. The molecule has 0 saturated heterocycles. The van der Waals surface area contributed by atoms with E-state index in [4.69, 9.17) is 0 Å². The number of aromatic nitrogens is 1. The summed E-state index contributed by atoms with van der Waals surface area (Å²) >= 11 is 3.85. The number of pyridine rings is 1. The van der Waals surface area contributed by atoms with Crippen molar-refractivity contribution in [2.24, 2.45) is 0 Å². The molecule has 0 amide bonds. The minimum atomic E-state index is 0. The Kier molecular flexibility index (Phi) is 3.84. The first-order valence-electron chi connectivity index (χ1n) is 2.18. The second-order valence-corrected chi connectivity index (χ2v) is 1.84. The number of nitrogens with zero attached hydrogens (tertiary/aromatic N) is 1. The Morgan fingerprint density at radius 3 is 2.44 bits per heavy atom. The largest absolute Gasteiger partial charge is 0.618 e. The fraction of sp³-hybridized carbons (Fsp3) is 0. The van der Waals surface area contributed by atoms with E-state index in [-0.39, 0.29) is 19.8 Å². The Labute approximate surface area is 71.9 Å². The molecular weight excluding hydrogens is 192 g/mol. The fourth-order valence-electron chi connectivity index (χ4n) is 0.419. The van der Waals surface area contributed by atoms with Gasteiger partial charge in [-0.3, -0.25) is 0 Å². The van der Waals surface area contributed by atoms with Gasteiger partial charge in [0.15, 0.2) is 6.20 Å². The number of thiol groups is 1. The Morgan fingerprint density at radius 2 is 2.11 bits per heavy atom. The minimum absolute atomic E-state index is 0. The number of rotatable bonds is 0. The summed E-state index contributed by atoms with van der Waals surface area (Å²) in [6.07, 6.45) is 1.41. The zero-order valence-corrected chi connectivity index (χ0v) is 5.01. The molecule has 0 N–H and O–H groups in total. The second-order valence-electron chi connectivity index (χ2n) is 1.38. The maximum Gasteiger partial charge on any atom is 0.248 e. The molecule has 48 valence electrons. The van der Waals surface area contributed by atoms with Gasteiger partial charge in [0.05, 0.1) is 0 Å². The third kappa shape index (κ3) is 2.34. The van der Waals surface area contributed by atoms with Crippen molar-refractivity contribution in [3.05, 3.63) is 29.6 Å². The zero-order valence-electron chi connectivity index (χ0n) is 4.11. The SMILES string of the molecule is [GaH3].[O-][n+]1ccccc1S. The van der Waals surface area contributed by atoms with Crippen molar-refractivity contribution >= 4 is 32.4 Å². The van der Waals surface area contributed by atoms with Crippen LogP contribution in [0, 0.1) is 5.21 Å². The fourth-order valence-corrected chi connectivity index (χ4v) is 0.572. The maximum absolute atomic E-state index is 10.5. The van der Waals surface area contributed by atoms with Crippen LogP contribution in [-0.4, -0.2) is 19.8 Å². The molecule has 0 aliphatic heterocycles. The van der Waals surface area contributed by atoms with Crippen molar-refractivity contribution < 1.29 is 4.73 Å². The van der Waals surface area contributed by atoms with Gasteiger partial charge in [0, 0.05) is 12.1 Å². The third-order valence-electron chi connectivity index (χ3n) is 0.804. The molecule has 0 aliphatic carbocycles. The van der Waals surface area contributed by atoms with E-state index in [1.165, 1.54) is 6.20 Å². The van der Waals surface area contributed by atoms with Gasteiger partial charge in [0.2, 0.25) is 5.03 Å². The van der Waals surface area contributed by atoms with Crippen LogP contribution in [0.2, 0.25) is 0 Å². The predicted molar refractivity (Wildman–Crippen MR) is 42.6 cm³/mol. The second kappa shape index (κ2) is 3.87. The molecule has 1 aromatic rings. The molecular formula is C5H8GaNOS. The molecule has 4 heteroatoms. The summed E-state index contributed by atoms with van der Waals surface area (Å²) in [5.74, 6) is 0. The first-order chi connectivity index (χ1) is 3.80. The van der Waals surface area contributed by atoms with E-state index in [2.05, 4.69) is 12.6 Å². The Bertz CT molecular complexity index is 173. The number of hydrogen-bond donors (Lipinski definition) is 1. The molecule has 0 bridgehead atoms. The zero-order chi connectivity index (χ0) is 5.98. The number of hydrogen-bond acceptors (Lipinski definition) is 2. The molecule has 0 aromatic carbocycles. The van der Waals surface area contributed by atoms with Crippen LogP contribution < -0.4 is 4.73 Å². The average Bonchev–Trinajstić information content (AvgIpc) is 1.77. The average molecular weight is 200 g/mol. The van der Waals surface area contributed by atoms with Gasteiger partial charge in [-0.15, -0.1) is 0 Å². The van der Waals surface area contributed by atoms with Crippen molar-refractivity contribution in [3.8, 4) is 0 Å². The van der Waals surface area contributed by atoms with Crippen LogP contribution in [0.1, 0.15) is 0 Å². The van der Waals surface area contributed by atoms with E-state index in [9.17, 15) is 5.21 Å². The van der Waals surface area contributed by atoms with Crippen LogP contribution in [0.4, 0.5) is 0 Å². The van der Waals surface area contributed by atoms with Gasteiger partial charge in [-0.25, -0.2) is 0 Å². The summed E-state index contributed by atoms with van der Waals surface area (Å²) in [6, 6.07) is 5.06. The quantitative estimate of drug-likeness (QED) is 0.258. The van der Waals surface area contributed by atoms with Crippen molar-refractivity contribution in [2.45, 2.75) is 5.03 Å². The Morgan fingerprint density at radius 1 is 1.44 bits per heavy atom. The molecule has 1 heterocycles. The summed E-state index contributed by atoms with van der Waals surface area (Å²) in [7, 11) is 0. The molecule has 0 fully saturated rings. The van der Waals surface area contributed by atoms with Crippen LogP contribution in [0.3, 0.4) is 0 Å². The van der Waals surface area contributed by atoms with Crippen LogP contribution in [0.25, 0.3) is 0 Å². The standard InChI is InChI=1S/C5H5NOS.Ga.3H/c7-6-4-2-1-3-5(6)8;;;;/h1-4,8H;;;;. The minimum Gasteiger partial charge on any atom is -0.618 e. The summed E-state index contributed by atoms with van der Waals surface area (Å²) in [4.78, 5) is 0. The van der Waals surface area contributed by atoms with Gasteiger partial charge in [-0.2, -0.15) is 4.73 Å². The Balaban J connectivity index is 0.000000640. The molecule has 0 radical (unpaired) electrons. The monoisotopic (exact) mass is 199 g/mol.